The normalized spacial score (nSPS) is 12.5. The highest BCUT2D eigenvalue weighted by Crippen LogP contribution is 2.32. The number of ether oxygens (including phenoxy) is 2. The molecule has 0 fully saturated rings. The maximum absolute atomic E-state index is 12.1. The van der Waals surface area contributed by atoms with E-state index in [-0.39, 0.29) is 12.7 Å². The molecule has 1 N–H and O–H groups in total. The van der Waals surface area contributed by atoms with Crippen molar-refractivity contribution >= 4 is 5.91 Å². The summed E-state index contributed by atoms with van der Waals surface area (Å²) in [6.07, 6.45) is 0.343. The molecule has 0 aliphatic carbocycles. The first-order chi connectivity index (χ1) is 10.5. The van der Waals surface area contributed by atoms with E-state index in [1.807, 2.05) is 39.1 Å². The van der Waals surface area contributed by atoms with Crippen molar-refractivity contribution in [2.45, 2.75) is 26.8 Å². The molecule has 0 bridgehead atoms. The van der Waals surface area contributed by atoms with Crippen molar-refractivity contribution in [1.29, 1.82) is 0 Å². The molecule has 1 aliphatic rings. The van der Waals surface area contributed by atoms with Gasteiger partial charge in [0.25, 0.3) is 0 Å². The predicted octanol–water partition coefficient (Wildman–Crippen LogP) is 1.62. The molecule has 22 heavy (non-hydrogen) atoms. The summed E-state index contributed by atoms with van der Waals surface area (Å²) in [5.41, 5.74) is 3.90. The molecule has 6 heteroatoms. The standard InChI is InChI=1S/C16H19N3O3/c1-10-13(11(2)19(3)18-10)7-16(20)17-8-12-4-5-14-15(6-12)22-9-21-14/h4-6H,7-9H2,1-3H3,(H,17,20). The van der Waals surface area contributed by atoms with E-state index in [9.17, 15) is 4.79 Å². The average Bonchev–Trinajstić information content (AvgIpc) is 3.05. The van der Waals surface area contributed by atoms with Crippen LogP contribution < -0.4 is 14.8 Å². The smallest absolute Gasteiger partial charge is 0.231 e. The monoisotopic (exact) mass is 301 g/mol. The fraction of sp³-hybridized carbons (Fsp3) is 0.375. The maximum atomic E-state index is 12.1. The minimum absolute atomic E-state index is 0.0168. The number of nitrogens with zero attached hydrogens (tertiary/aromatic N) is 2. The molecule has 0 saturated carbocycles. The number of fused-ring (bicyclic) bond motifs is 1. The molecule has 1 aromatic heterocycles. The van der Waals surface area contributed by atoms with Crippen LogP contribution in [0.5, 0.6) is 11.5 Å². The topological polar surface area (TPSA) is 65.4 Å². The molecule has 0 unspecified atom stereocenters. The predicted molar refractivity (Wildman–Crippen MR) is 80.8 cm³/mol. The van der Waals surface area contributed by atoms with Gasteiger partial charge in [0.15, 0.2) is 11.5 Å². The third kappa shape index (κ3) is 2.77. The SMILES string of the molecule is Cc1nn(C)c(C)c1CC(=O)NCc1ccc2c(c1)OCO2. The maximum Gasteiger partial charge on any atom is 0.231 e. The van der Waals surface area contributed by atoms with E-state index >= 15 is 0 Å². The van der Waals surface area contributed by atoms with E-state index in [0.29, 0.717) is 13.0 Å². The molecular weight excluding hydrogens is 282 g/mol. The molecule has 2 aromatic rings. The average molecular weight is 301 g/mol. The van der Waals surface area contributed by atoms with Crippen LogP contribution in [-0.2, 0) is 24.8 Å². The van der Waals surface area contributed by atoms with Crippen LogP contribution in [0.4, 0.5) is 0 Å². The summed E-state index contributed by atoms with van der Waals surface area (Å²) in [7, 11) is 1.89. The molecule has 0 atom stereocenters. The summed E-state index contributed by atoms with van der Waals surface area (Å²) in [5.74, 6) is 1.46. The van der Waals surface area contributed by atoms with Gasteiger partial charge >= 0.3 is 0 Å². The number of aryl methyl sites for hydroxylation is 2. The van der Waals surface area contributed by atoms with Crippen LogP contribution >= 0.6 is 0 Å². The van der Waals surface area contributed by atoms with E-state index in [0.717, 1.165) is 34.0 Å². The number of benzene rings is 1. The zero-order valence-corrected chi connectivity index (χ0v) is 13.0. The van der Waals surface area contributed by atoms with Crippen molar-refractivity contribution in [2.24, 2.45) is 7.05 Å². The molecular formula is C16H19N3O3. The van der Waals surface area contributed by atoms with Gasteiger partial charge in [-0.05, 0) is 31.5 Å². The lowest BCUT2D eigenvalue weighted by Gasteiger charge is -2.07. The summed E-state index contributed by atoms with van der Waals surface area (Å²) >= 11 is 0. The molecule has 116 valence electrons. The second-order valence-electron chi connectivity index (χ2n) is 5.41. The second-order valence-corrected chi connectivity index (χ2v) is 5.41. The number of amides is 1. The number of rotatable bonds is 4. The molecule has 6 nitrogen and oxygen atoms in total. The summed E-state index contributed by atoms with van der Waals surface area (Å²) < 4.78 is 12.4. The lowest BCUT2D eigenvalue weighted by molar-refractivity contribution is -0.120. The molecule has 0 spiro atoms. The van der Waals surface area contributed by atoms with E-state index < -0.39 is 0 Å². The first-order valence-corrected chi connectivity index (χ1v) is 7.19. The van der Waals surface area contributed by atoms with Crippen LogP contribution in [0.3, 0.4) is 0 Å². The van der Waals surface area contributed by atoms with E-state index in [2.05, 4.69) is 10.4 Å². The van der Waals surface area contributed by atoms with Gasteiger partial charge in [-0.25, -0.2) is 0 Å². The molecule has 1 aromatic carbocycles. The van der Waals surface area contributed by atoms with Crippen molar-refractivity contribution in [3.8, 4) is 11.5 Å². The number of carbonyl (C=O) groups excluding carboxylic acids is 1. The molecule has 1 aliphatic heterocycles. The highest BCUT2D eigenvalue weighted by Gasteiger charge is 2.15. The summed E-state index contributed by atoms with van der Waals surface area (Å²) in [6, 6.07) is 5.68. The van der Waals surface area contributed by atoms with Gasteiger partial charge in [0.2, 0.25) is 12.7 Å². The van der Waals surface area contributed by atoms with Gasteiger partial charge in [-0.1, -0.05) is 6.07 Å². The Morgan fingerprint density at radius 3 is 2.82 bits per heavy atom. The molecule has 3 rings (SSSR count). The number of hydrogen-bond acceptors (Lipinski definition) is 4. The largest absolute Gasteiger partial charge is 0.454 e. The highest BCUT2D eigenvalue weighted by molar-refractivity contribution is 5.79. The highest BCUT2D eigenvalue weighted by atomic mass is 16.7. The minimum Gasteiger partial charge on any atom is -0.454 e. The van der Waals surface area contributed by atoms with Gasteiger partial charge in [-0.15, -0.1) is 0 Å². The Morgan fingerprint density at radius 1 is 1.32 bits per heavy atom. The first-order valence-electron chi connectivity index (χ1n) is 7.19. The third-order valence-electron chi connectivity index (χ3n) is 3.92. The van der Waals surface area contributed by atoms with Crippen LogP contribution in [0.1, 0.15) is 22.5 Å². The summed E-state index contributed by atoms with van der Waals surface area (Å²) in [6.45, 7) is 4.62. The number of carbonyl (C=O) groups is 1. The second kappa shape index (κ2) is 5.71. The number of nitrogens with one attached hydrogen (secondary N) is 1. The van der Waals surface area contributed by atoms with E-state index in [4.69, 9.17) is 9.47 Å². The van der Waals surface area contributed by atoms with Gasteiger partial charge in [0.1, 0.15) is 0 Å². The van der Waals surface area contributed by atoms with Crippen molar-refractivity contribution in [2.75, 3.05) is 6.79 Å². The minimum atomic E-state index is -0.0168. The molecule has 0 saturated heterocycles. The Balaban J connectivity index is 1.60. The van der Waals surface area contributed by atoms with Crippen molar-refractivity contribution in [3.05, 3.63) is 40.7 Å². The number of hydrogen-bond donors (Lipinski definition) is 1. The Morgan fingerprint density at radius 2 is 2.09 bits per heavy atom. The first kappa shape index (κ1) is 14.4. The summed E-state index contributed by atoms with van der Waals surface area (Å²) in [5, 5.41) is 7.26. The van der Waals surface area contributed by atoms with Crippen LogP contribution in [0.25, 0.3) is 0 Å². The van der Waals surface area contributed by atoms with Crippen molar-refractivity contribution in [3.63, 3.8) is 0 Å². The molecule has 0 radical (unpaired) electrons. The fourth-order valence-electron chi connectivity index (χ4n) is 2.55. The van der Waals surface area contributed by atoms with Crippen LogP contribution in [0.2, 0.25) is 0 Å². The van der Waals surface area contributed by atoms with Crippen molar-refractivity contribution in [1.82, 2.24) is 15.1 Å². The van der Waals surface area contributed by atoms with Gasteiger partial charge in [-0.3, -0.25) is 9.48 Å². The Bertz CT molecular complexity index is 722. The van der Waals surface area contributed by atoms with Crippen LogP contribution in [0, 0.1) is 13.8 Å². The zero-order chi connectivity index (χ0) is 15.7. The Hall–Kier alpha value is -2.50. The Labute approximate surface area is 129 Å². The zero-order valence-electron chi connectivity index (χ0n) is 13.0. The quantitative estimate of drug-likeness (QED) is 0.932. The van der Waals surface area contributed by atoms with Crippen LogP contribution in [-0.4, -0.2) is 22.5 Å². The van der Waals surface area contributed by atoms with E-state index in [1.165, 1.54) is 0 Å². The fourth-order valence-corrected chi connectivity index (χ4v) is 2.55. The van der Waals surface area contributed by atoms with Gasteiger partial charge < -0.3 is 14.8 Å². The van der Waals surface area contributed by atoms with Gasteiger partial charge in [0, 0.05) is 24.8 Å². The lowest BCUT2D eigenvalue weighted by Crippen LogP contribution is -2.25. The molecule has 2 heterocycles. The van der Waals surface area contributed by atoms with Gasteiger partial charge in [0.05, 0.1) is 12.1 Å². The number of aromatic nitrogens is 2. The summed E-state index contributed by atoms with van der Waals surface area (Å²) in [4.78, 5) is 12.1. The van der Waals surface area contributed by atoms with Crippen LogP contribution in [0.15, 0.2) is 18.2 Å². The lowest BCUT2D eigenvalue weighted by atomic mass is 10.1. The van der Waals surface area contributed by atoms with E-state index in [1.54, 1.807) is 4.68 Å². The van der Waals surface area contributed by atoms with Gasteiger partial charge in [-0.2, -0.15) is 5.10 Å². The van der Waals surface area contributed by atoms with Crippen molar-refractivity contribution < 1.29 is 14.3 Å². The Kier molecular flexibility index (Phi) is 3.75. The third-order valence-corrected chi connectivity index (χ3v) is 3.92. The molecule has 1 amide bonds.